The summed E-state index contributed by atoms with van der Waals surface area (Å²) in [4.78, 5) is 0. The van der Waals surface area contributed by atoms with Crippen LogP contribution in [0, 0.1) is 0 Å². The summed E-state index contributed by atoms with van der Waals surface area (Å²) in [6.07, 6.45) is 1.06. The van der Waals surface area contributed by atoms with Crippen LogP contribution in [0.2, 0.25) is 0 Å². The van der Waals surface area contributed by atoms with Crippen molar-refractivity contribution in [3.05, 3.63) is 54.1 Å². The largest absolute Gasteiger partial charge is 0.539 e. The number of hydrogen-bond acceptors (Lipinski definition) is 2. The SMILES string of the molecule is CCc1ccc(-c2ccc(OBO)cc2)cc1. The Bertz CT molecular complexity index is 463. The van der Waals surface area contributed by atoms with E-state index >= 15 is 0 Å². The molecule has 17 heavy (non-hydrogen) atoms. The summed E-state index contributed by atoms with van der Waals surface area (Å²) in [6.45, 7) is 2.15. The molecular formula is C14H15BO2. The summed E-state index contributed by atoms with van der Waals surface area (Å²) in [5, 5.41) is 8.64. The second kappa shape index (κ2) is 5.55. The molecule has 3 heteroatoms. The molecule has 0 unspecified atom stereocenters. The molecule has 0 aliphatic rings. The summed E-state index contributed by atoms with van der Waals surface area (Å²) in [6, 6.07) is 16.2. The molecule has 0 aliphatic carbocycles. The minimum absolute atomic E-state index is 0.287. The van der Waals surface area contributed by atoms with Crippen molar-refractivity contribution in [3.63, 3.8) is 0 Å². The average Bonchev–Trinajstić information content (AvgIpc) is 2.40. The highest BCUT2D eigenvalue weighted by Crippen LogP contribution is 2.22. The molecule has 0 radical (unpaired) electrons. The topological polar surface area (TPSA) is 29.5 Å². The number of aryl methyl sites for hydroxylation is 1. The van der Waals surface area contributed by atoms with Crippen molar-refractivity contribution in [3.8, 4) is 16.9 Å². The molecule has 0 saturated heterocycles. The molecule has 0 fully saturated rings. The Labute approximate surface area is 102 Å². The average molecular weight is 226 g/mol. The smallest absolute Gasteiger partial charge is 0.504 e. The van der Waals surface area contributed by atoms with Crippen molar-refractivity contribution in [2.45, 2.75) is 13.3 Å². The van der Waals surface area contributed by atoms with E-state index in [1.807, 2.05) is 24.3 Å². The lowest BCUT2D eigenvalue weighted by Gasteiger charge is -2.05. The van der Waals surface area contributed by atoms with E-state index in [0.29, 0.717) is 5.75 Å². The van der Waals surface area contributed by atoms with Crippen molar-refractivity contribution in [2.75, 3.05) is 0 Å². The highest BCUT2D eigenvalue weighted by Gasteiger charge is 1.99. The van der Waals surface area contributed by atoms with Gasteiger partial charge < -0.3 is 9.68 Å². The summed E-state index contributed by atoms with van der Waals surface area (Å²) in [5.74, 6) is 0.682. The molecule has 0 aliphatic heterocycles. The molecule has 86 valence electrons. The third-order valence-corrected chi connectivity index (χ3v) is 2.78. The molecule has 1 N–H and O–H groups in total. The highest BCUT2D eigenvalue weighted by atomic mass is 16.5. The van der Waals surface area contributed by atoms with Gasteiger partial charge in [-0.1, -0.05) is 43.3 Å². The summed E-state index contributed by atoms with van der Waals surface area (Å²) in [7, 11) is -0.287. The molecule has 2 nitrogen and oxygen atoms in total. The van der Waals surface area contributed by atoms with Gasteiger partial charge in [-0.25, -0.2) is 0 Å². The van der Waals surface area contributed by atoms with Gasteiger partial charge in [0.05, 0.1) is 0 Å². The fourth-order valence-electron chi connectivity index (χ4n) is 1.75. The maximum atomic E-state index is 8.64. The predicted molar refractivity (Wildman–Crippen MR) is 71.3 cm³/mol. The van der Waals surface area contributed by atoms with E-state index in [4.69, 9.17) is 9.68 Å². The van der Waals surface area contributed by atoms with Crippen molar-refractivity contribution in [1.82, 2.24) is 0 Å². The number of hydrogen-bond donors (Lipinski definition) is 1. The minimum atomic E-state index is -0.287. The zero-order valence-electron chi connectivity index (χ0n) is 9.89. The molecule has 2 rings (SSSR count). The molecular weight excluding hydrogens is 211 g/mol. The first kappa shape index (κ1) is 11.7. The Morgan fingerprint density at radius 2 is 1.47 bits per heavy atom. The lowest BCUT2D eigenvalue weighted by atomic mass is 10.0. The van der Waals surface area contributed by atoms with Gasteiger partial charge in [-0.2, -0.15) is 0 Å². The van der Waals surface area contributed by atoms with Gasteiger partial charge in [0, 0.05) is 0 Å². The second-order valence-electron chi connectivity index (χ2n) is 3.85. The molecule has 0 spiro atoms. The number of rotatable bonds is 4. The van der Waals surface area contributed by atoms with Crippen molar-refractivity contribution in [1.29, 1.82) is 0 Å². The van der Waals surface area contributed by atoms with Crippen molar-refractivity contribution in [2.24, 2.45) is 0 Å². The van der Waals surface area contributed by atoms with E-state index in [1.165, 1.54) is 11.1 Å². The van der Waals surface area contributed by atoms with Crippen LogP contribution in [0.1, 0.15) is 12.5 Å². The first-order chi connectivity index (χ1) is 8.33. The molecule has 0 heterocycles. The van der Waals surface area contributed by atoms with Gasteiger partial charge in [0.25, 0.3) is 0 Å². The maximum absolute atomic E-state index is 8.64. The Kier molecular flexibility index (Phi) is 3.83. The van der Waals surface area contributed by atoms with Gasteiger partial charge in [-0.15, -0.1) is 0 Å². The van der Waals surface area contributed by atoms with E-state index in [0.717, 1.165) is 12.0 Å². The first-order valence-corrected chi connectivity index (χ1v) is 5.76. The summed E-state index contributed by atoms with van der Waals surface area (Å²) in [5.41, 5.74) is 3.68. The van der Waals surface area contributed by atoms with E-state index in [-0.39, 0.29) is 7.69 Å². The molecule has 0 bridgehead atoms. The molecule has 2 aromatic carbocycles. The second-order valence-corrected chi connectivity index (χ2v) is 3.85. The van der Waals surface area contributed by atoms with Crippen LogP contribution >= 0.6 is 0 Å². The molecule has 2 aromatic rings. The van der Waals surface area contributed by atoms with Crippen LogP contribution < -0.4 is 4.65 Å². The molecule has 0 atom stereocenters. The maximum Gasteiger partial charge on any atom is 0.504 e. The normalized spacial score (nSPS) is 10.0. The third-order valence-electron chi connectivity index (χ3n) is 2.78. The fourth-order valence-corrected chi connectivity index (χ4v) is 1.75. The van der Waals surface area contributed by atoms with Gasteiger partial charge in [0.15, 0.2) is 0 Å². The van der Waals surface area contributed by atoms with Gasteiger partial charge in [-0.05, 0) is 35.2 Å². The van der Waals surface area contributed by atoms with E-state index < -0.39 is 0 Å². The van der Waals surface area contributed by atoms with Crippen LogP contribution in [-0.2, 0) is 6.42 Å². The van der Waals surface area contributed by atoms with Gasteiger partial charge in [0.2, 0.25) is 0 Å². The van der Waals surface area contributed by atoms with E-state index in [9.17, 15) is 0 Å². The van der Waals surface area contributed by atoms with E-state index in [1.54, 1.807) is 0 Å². The van der Waals surface area contributed by atoms with Crippen molar-refractivity contribution >= 4 is 7.69 Å². The fraction of sp³-hybridized carbons (Fsp3) is 0.143. The molecule has 0 aromatic heterocycles. The summed E-state index contributed by atoms with van der Waals surface area (Å²) < 4.78 is 4.99. The van der Waals surface area contributed by atoms with E-state index in [2.05, 4.69) is 31.2 Å². The molecule has 0 amide bonds. The quantitative estimate of drug-likeness (QED) is 0.811. The van der Waals surface area contributed by atoms with Crippen LogP contribution in [0.25, 0.3) is 11.1 Å². The van der Waals surface area contributed by atoms with Crippen LogP contribution in [0.3, 0.4) is 0 Å². The highest BCUT2D eigenvalue weighted by molar-refractivity contribution is 6.17. The van der Waals surface area contributed by atoms with Gasteiger partial charge in [-0.3, -0.25) is 0 Å². The minimum Gasteiger partial charge on any atom is -0.539 e. The van der Waals surface area contributed by atoms with Gasteiger partial charge in [0.1, 0.15) is 5.75 Å². The Balaban J connectivity index is 2.20. The monoisotopic (exact) mass is 226 g/mol. The van der Waals surface area contributed by atoms with Crippen LogP contribution in [0.4, 0.5) is 0 Å². The zero-order chi connectivity index (χ0) is 12.1. The Morgan fingerprint density at radius 1 is 0.941 bits per heavy atom. The van der Waals surface area contributed by atoms with Crippen LogP contribution in [0.15, 0.2) is 48.5 Å². The van der Waals surface area contributed by atoms with Crippen molar-refractivity contribution < 1.29 is 9.68 Å². The lowest BCUT2D eigenvalue weighted by molar-refractivity contribution is 0.454. The predicted octanol–water partition coefficient (Wildman–Crippen LogP) is 2.55. The van der Waals surface area contributed by atoms with Crippen LogP contribution in [0.5, 0.6) is 5.75 Å². The van der Waals surface area contributed by atoms with Gasteiger partial charge >= 0.3 is 7.69 Å². The standard InChI is InChI=1S/C14H15BO2/c1-2-11-3-5-12(6-4-11)13-7-9-14(10-8-13)17-15-16/h3-10,15-16H,2H2,1H3. The zero-order valence-corrected chi connectivity index (χ0v) is 9.89. The summed E-state index contributed by atoms with van der Waals surface area (Å²) >= 11 is 0. The van der Waals surface area contributed by atoms with Crippen LogP contribution in [-0.4, -0.2) is 12.7 Å². The number of benzene rings is 2. The Hall–Kier alpha value is -1.74. The Morgan fingerprint density at radius 3 is 1.94 bits per heavy atom. The lowest BCUT2D eigenvalue weighted by Crippen LogP contribution is -1.99. The third kappa shape index (κ3) is 2.89. The molecule has 0 saturated carbocycles. The first-order valence-electron chi connectivity index (χ1n) is 5.76.